The van der Waals surface area contributed by atoms with Gasteiger partial charge in [-0.25, -0.2) is 0 Å². The molecule has 0 saturated carbocycles. The van der Waals surface area contributed by atoms with Crippen molar-refractivity contribution < 1.29 is 40.9 Å². The van der Waals surface area contributed by atoms with Gasteiger partial charge in [0.25, 0.3) is 0 Å². The molecule has 1 aromatic carbocycles. The van der Waals surface area contributed by atoms with Gasteiger partial charge in [0.1, 0.15) is 0 Å². The van der Waals surface area contributed by atoms with Crippen LogP contribution in [0.25, 0.3) is 0 Å². The lowest BCUT2D eigenvalue weighted by molar-refractivity contribution is -0.107. The van der Waals surface area contributed by atoms with Gasteiger partial charge in [-0.1, -0.05) is 44.2 Å². The Balaban J connectivity index is -0.000000414. The van der Waals surface area contributed by atoms with Gasteiger partial charge in [0, 0.05) is 24.9 Å². The van der Waals surface area contributed by atoms with Gasteiger partial charge < -0.3 is 40.9 Å². The third-order valence-electron chi connectivity index (χ3n) is 5.21. The molecule has 8 heteroatoms. The predicted octanol–water partition coefficient (Wildman–Crippen LogP) is 2.72. The molecule has 0 aliphatic carbocycles. The van der Waals surface area contributed by atoms with Crippen molar-refractivity contribution in [3.05, 3.63) is 35.9 Å². The largest absolute Gasteiger partial charge is 0.396 e. The summed E-state index contributed by atoms with van der Waals surface area (Å²) in [5.74, 6) is 0. The highest BCUT2D eigenvalue weighted by Gasteiger charge is 2.32. The molecule has 1 unspecified atom stereocenters. The molecule has 0 aliphatic rings. The third kappa shape index (κ3) is 23.3. The van der Waals surface area contributed by atoms with E-state index in [1.807, 2.05) is 30.3 Å². The zero-order valence-electron chi connectivity index (χ0n) is 24.5. The van der Waals surface area contributed by atoms with Gasteiger partial charge in [-0.3, -0.25) is 0 Å². The van der Waals surface area contributed by atoms with E-state index in [1.165, 1.54) is 0 Å². The van der Waals surface area contributed by atoms with E-state index in [0.717, 1.165) is 5.56 Å². The number of rotatable bonds is 8. The Kier molecular flexibility index (Phi) is 17.5. The van der Waals surface area contributed by atoms with Crippen molar-refractivity contribution in [1.82, 2.24) is 0 Å². The lowest BCUT2D eigenvalue weighted by Crippen LogP contribution is -2.44. The summed E-state index contributed by atoms with van der Waals surface area (Å²) < 4.78 is 0. The second kappa shape index (κ2) is 16.0. The van der Waals surface area contributed by atoms with Crippen LogP contribution in [-0.4, -0.2) is 83.1 Å². The Morgan fingerprint density at radius 1 is 0.556 bits per heavy atom. The van der Waals surface area contributed by atoms with Crippen molar-refractivity contribution in [2.24, 2.45) is 5.41 Å². The number of hydrogen-bond acceptors (Lipinski definition) is 8. The summed E-state index contributed by atoms with van der Waals surface area (Å²) >= 11 is 0. The zero-order valence-corrected chi connectivity index (χ0v) is 24.5. The van der Waals surface area contributed by atoms with Gasteiger partial charge in [0.05, 0.1) is 41.2 Å². The molecule has 0 saturated heterocycles. The predicted molar refractivity (Wildman–Crippen MR) is 145 cm³/mol. The molecule has 0 spiro atoms. The van der Waals surface area contributed by atoms with Crippen molar-refractivity contribution in [3.8, 4) is 0 Å². The van der Waals surface area contributed by atoms with E-state index in [-0.39, 0.29) is 25.2 Å². The molecular formula is C28H56O8. The first kappa shape index (κ1) is 39.4. The van der Waals surface area contributed by atoms with Gasteiger partial charge in [-0.2, -0.15) is 0 Å². The Morgan fingerprint density at radius 2 is 0.889 bits per heavy atom. The van der Waals surface area contributed by atoms with Crippen molar-refractivity contribution in [2.45, 2.75) is 117 Å². The number of hydrogen-bond donors (Lipinski definition) is 8. The first-order chi connectivity index (χ1) is 15.7. The molecule has 0 amide bonds. The second-order valence-corrected chi connectivity index (χ2v) is 12.5. The second-order valence-electron chi connectivity index (χ2n) is 12.5. The lowest BCUT2D eigenvalue weighted by atomic mass is 9.90. The summed E-state index contributed by atoms with van der Waals surface area (Å²) in [5.41, 5.74) is -3.91. The molecule has 1 rings (SSSR count). The van der Waals surface area contributed by atoms with E-state index in [1.54, 1.807) is 76.2 Å². The lowest BCUT2D eigenvalue weighted by Gasteiger charge is -2.31. The fourth-order valence-electron chi connectivity index (χ4n) is 2.27. The molecule has 8 N–H and O–H groups in total. The average molecular weight is 521 g/mol. The summed E-state index contributed by atoms with van der Waals surface area (Å²) in [4.78, 5) is 0. The minimum absolute atomic E-state index is 0.00188. The van der Waals surface area contributed by atoms with Crippen LogP contribution in [0, 0.1) is 5.41 Å². The van der Waals surface area contributed by atoms with Gasteiger partial charge in [0.2, 0.25) is 0 Å². The molecule has 1 atom stereocenters. The van der Waals surface area contributed by atoms with E-state index in [2.05, 4.69) is 0 Å². The summed E-state index contributed by atoms with van der Waals surface area (Å²) in [6, 6.07) is 9.37. The van der Waals surface area contributed by atoms with E-state index in [0.29, 0.717) is 12.8 Å². The highest BCUT2D eigenvalue weighted by Crippen LogP contribution is 2.23. The smallest absolute Gasteiger partial charge is 0.0890 e. The molecule has 0 heterocycles. The van der Waals surface area contributed by atoms with Gasteiger partial charge in [-0.05, 0) is 67.9 Å². The van der Waals surface area contributed by atoms with Crippen LogP contribution in [0.5, 0.6) is 0 Å². The monoisotopic (exact) mass is 520 g/mol. The Labute approximate surface area is 219 Å². The van der Waals surface area contributed by atoms with Crippen LogP contribution in [0.1, 0.15) is 94.6 Å². The summed E-state index contributed by atoms with van der Waals surface area (Å²) in [7, 11) is 0. The van der Waals surface area contributed by atoms with Crippen LogP contribution in [-0.2, 0) is 5.60 Å². The molecule has 36 heavy (non-hydrogen) atoms. The van der Waals surface area contributed by atoms with Crippen LogP contribution < -0.4 is 0 Å². The highest BCUT2D eigenvalue weighted by molar-refractivity contribution is 5.21. The van der Waals surface area contributed by atoms with Crippen LogP contribution in [0.15, 0.2) is 30.3 Å². The number of benzene rings is 1. The highest BCUT2D eigenvalue weighted by atomic mass is 16.3. The molecule has 216 valence electrons. The number of aliphatic hydroxyl groups is 8. The van der Waals surface area contributed by atoms with Crippen molar-refractivity contribution in [2.75, 3.05) is 19.8 Å². The maximum Gasteiger partial charge on any atom is 0.0890 e. The maximum absolute atomic E-state index is 9.83. The van der Waals surface area contributed by atoms with Crippen LogP contribution >= 0.6 is 0 Å². The van der Waals surface area contributed by atoms with Crippen molar-refractivity contribution in [1.29, 1.82) is 0 Å². The van der Waals surface area contributed by atoms with Crippen LogP contribution in [0.3, 0.4) is 0 Å². The quantitative estimate of drug-likeness (QED) is 0.259. The number of aliphatic hydroxyl groups excluding tert-OH is 3. The Bertz CT molecular complexity index is 628. The molecule has 0 fully saturated rings. The van der Waals surface area contributed by atoms with Crippen LogP contribution in [0.2, 0.25) is 0 Å². The first-order valence-electron chi connectivity index (χ1n) is 12.2. The van der Waals surface area contributed by atoms with Gasteiger partial charge in [0.15, 0.2) is 0 Å². The van der Waals surface area contributed by atoms with Crippen molar-refractivity contribution >= 4 is 0 Å². The zero-order chi connectivity index (χ0) is 29.6. The summed E-state index contributed by atoms with van der Waals surface area (Å²) in [6.45, 7) is 18.4. The molecular weight excluding hydrogens is 464 g/mol. The fraction of sp³-hybridized carbons (Fsp3) is 0.786. The SMILES string of the molecule is CC(C)(CO)CO.CC(C)(O)C(C)(C)O.CC(C)(O)CC(C)(C)O.CC(O)(CCO)c1ccccc1. The topological polar surface area (TPSA) is 162 Å². The molecule has 1 aromatic rings. The summed E-state index contributed by atoms with van der Waals surface area (Å²) in [5, 5.41) is 72.0. The molecule has 0 radical (unpaired) electrons. The van der Waals surface area contributed by atoms with E-state index < -0.39 is 28.0 Å². The average Bonchev–Trinajstić information content (AvgIpc) is 2.66. The first-order valence-corrected chi connectivity index (χ1v) is 12.2. The fourth-order valence-corrected chi connectivity index (χ4v) is 2.27. The Hall–Kier alpha value is -1.10. The molecule has 8 nitrogen and oxygen atoms in total. The normalized spacial score (nSPS) is 14.2. The van der Waals surface area contributed by atoms with E-state index in [4.69, 9.17) is 25.5 Å². The van der Waals surface area contributed by atoms with Crippen molar-refractivity contribution in [3.63, 3.8) is 0 Å². The van der Waals surface area contributed by atoms with E-state index in [9.17, 15) is 15.3 Å². The molecule has 0 aromatic heterocycles. The minimum atomic E-state index is -1.01. The third-order valence-corrected chi connectivity index (χ3v) is 5.21. The molecule has 0 aliphatic heterocycles. The molecule has 0 bridgehead atoms. The van der Waals surface area contributed by atoms with Gasteiger partial charge in [-0.15, -0.1) is 0 Å². The standard InChI is InChI=1S/C10H14O2.C7H16O2.C6H14O2.C5H12O2/c1-10(12,7-8-11)9-5-3-2-4-6-9;1-6(2,8)5-7(3,4)9;1-5(2,7)6(3,4)8;1-5(2,3-6)4-7/h2-6,11-12H,7-8H2,1H3;8-9H,5H2,1-4H3;7-8H,1-4H3;6-7H,3-4H2,1-2H3. The Morgan fingerprint density at radius 3 is 1.06 bits per heavy atom. The minimum Gasteiger partial charge on any atom is -0.396 e. The van der Waals surface area contributed by atoms with E-state index >= 15 is 0 Å². The summed E-state index contributed by atoms with van der Waals surface area (Å²) in [6.07, 6.45) is 0.775. The van der Waals surface area contributed by atoms with Crippen LogP contribution in [0.4, 0.5) is 0 Å². The van der Waals surface area contributed by atoms with Gasteiger partial charge >= 0.3 is 0 Å². The maximum atomic E-state index is 9.83.